The quantitative estimate of drug-likeness (QED) is 0.555. The van der Waals surface area contributed by atoms with Crippen LogP contribution in [0.25, 0.3) is 10.8 Å². The molecule has 0 amide bonds. The van der Waals surface area contributed by atoms with Crippen LogP contribution in [-0.4, -0.2) is 10.9 Å². The summed E-state index contributed by atoms with van der Waals surface area (Å²) in [4.78, 5) is 4.20. The van der Waals surface area contributed by atoms with Gasteiger partial charge in [-0.1, -0.05) is 24.3 Å². The van der Waals surface area contributed by atoms with Crippen LogP contribution in [0.4, 0.5) is 0 Å². The number of aromatic nitrogens is 1. The van der Waals surface area contributed by atoms with Gasteiger partial charge in [0.2, 0.25) is 0 Å². The van der Waals surface area contributed by atoms with Crippen molar-refractivity contribution < 1.29 is 0 Å². The smallest absolute Gasteiger partial charge is 0.0938 e. The molecule has 2 aromatic rings. The average molecular weight is 156 g/mol. The molecule has 0 unspecified atom stereocenters. The Balaban J connectivity index is 2.49. The van der Waals surface area contributed by atoms with E-state index >= 15 is 0 Å². The molecular weight excluding hydrogens is 148 g/mol. The van der Waals surface area contributed by atoms with Crippen LogP contribution in [-0.2, 0) is 6.54 Å². The van der Waals surface area contributed by atoms with Crippen LogP contribution in [0.2, 0.25) is 0 Å². The Morgan fingerprint density at radius 3 is 3.17 bits per heavy atom. The summed E-state index contributed by atoms with van der Waals surface area (Å²) < 4.78 is 2.10. The fraction of sp³-hybridized carbons (Fsp3) is 0.100. The van der Waals surface area contributed by atoms with E-state index in [-0.39, 0.29) is 0 Å². The third kappa shape index (κ3) is 0.619. The number of aliphatic imine (C=N–C) groups is 1. The Hall–Kier alpha value is -1.57. The van der Waals surface area contributed by atoms with Crippen molar-refractivity contribution in [3.63, 3.8) is 0 Å². The molecule has 0 aliphatic carbocycles. The highest BCUT2D eigenvalue weighted by atomic mass is 15.1. The van der Waals surface area contributed by atoms with Gasteiger partial charge in [-0.15, -0.1) is 0 Å². The Bertz CT molecular complexity index is 466. The van der Waals surface area contributed by atoms with Crippen molar-refractivity contribution >= 4 is 17.1 Å². The zero-order valence-electron chi connectivity index (χ0n) is 6.57. The van der Waals surface area contributed by atoms with Crippen molar-refractivity contribution in [2.24, 2.45) is 4.99 Å². The first kappa shape index (κ1) is 6.00. The summed E-state index contributed by atoms with van der Waals surface area (Å²) in [6, 6.07) is 8.42. The summed E-state index contributed by atoms with van der Waals surface area (Å²) in [6.45, 7) is 0.827. The zero-order chi connectivity index (χ0) is 7.97. The van der Waals surface area contributed by atoms with E-state index in [2.05, 4.69) is 40.0 Å². The molecule has 0 saturated heterocycles. The molecule has 58 valence electrons. The van der Waals surface area contributed by atoms with E-state index < -0.39 is 0 Å². The highest BCUT2D eigenvalue weighted by Gasteiger charge is 2.09. The van der Waals surface area contributed by atoms with Crippen LogP contribution in [0, 0.1) is 0 Å². The van der Waals surface area contributed by atoms with Gasteiger partial charge in [-0.25, -0.2) is 0 Å². The molecule has 0 fully saturated rings. The van der Waals surface area contributed by atoms with Crippen LogP contribution >= 0.6 is 0 Å². The molecule has 1 aliphatic heterocycles. The van der Waals surface area contributed by atoms with Gasteiger partial charge in [0.05, 0.1) is 18.6 Å². The number of nitrogens with zero attached hydrogens (tertiary/aromatic N) is 2. The van der Waals surface area contributed by atoms with Gasteiger partial charge in [0.25, 0.3) is 0 Å². The summed E-state index contributed by atoms with van der Waals surface area (Å²) in [7, 11) is 0. The van der Waals surface area contributed by atoms with E-state index in [1.54, 1.807) is 0 Å². The van der Waals surface area contributed by atoms with Crippen LogP contribution in [0.1, 0.15) is 5.69 Å². The molecule has 0 N–H and O–H groups in total. The van der Waals surface area contributed by atoms with Crippen molar-refractivity contribution in [3.8, 4) is 0 Å². The summed E-state index contributed by atoms with van der Waals surface area (Å²) in [5, 5.41) is 2.63. The van der Waals surface area contributed by atoms with Crippen molar-refractivity contribution in [1.82, 2.24) is 4.57 Å². The number of benzene rings is 1. The lowest BCUT2D eigenvalue weighted by atomic mass is 10.2. The van der Waals surface area contributed by atoms with Gasteiger partial charge < -0.3 is 4.57 Å². The van der Waals surface area contributed by atoms with Crippen LogP contribution < -0.4 is 0 Å². The normalized spacial score (nSPS) is 14.0. The maximum absolute atomic E-state index is 4.20. The maximum Gasteiger partial charge on any atom is 0.0938 e. The first-order valence-electron chi connectivity index (χ1n) is 4.03. The van der Waals surface area contributed by atoms with Crippen molar-refractivity contribution in [3.05, 3.63) is 36.2 Å². The van der Waals surface area contributed by atoms with Crippen molar-refractivity contribution in [2.45, 2.75) is 6.54 Å². The number of rotatable bonds is 0. The van der Waals surface area contributed by atoms with Crippen LogP contribution in [0.3, 0.4) is 0 Å². The minimum absolute atomic E-state index is 0.827. The third-order valence-corrected chi connectivity index (χ3v) is 2.31. The van der Waals surface area contributed by atoms with Gasteiger partial charge in [-0.2, -0.15) is 0 Å². The molecular formula is C10H8N2. The van der Waals surface area contributed by atoms with Gasteiger partial charge >= 0.3 is 0 Å². The largest absolute Gasteiger partial charge is 0.309 e. The molecule has 3 rings (SSSR count). The Morgan fingerprint density at radius 1 is 1.25 bits per heavy atom. The second-order valence-electron chi connectivity index (χ2n) is 3.03. The highest BCUT2D eigenvalue weighted by molar-refractivity contribution is 5.89. The fourth-order valence-electron chi connectivity index (χ4n) is 1.72. The number of fused-ring (bicyclic) bond motifs is 3. The minimum Gasteiger partial charge on any atom is -0.309 e. The van der Waals surface area contributed by atoms with Crippen molar-refractivity contribution in [1.29, 1.82) is 0 Å². The third-order valence-electron chi connectivity index (χ3n) is 2.31. The topological polar surface area (TPSA) is 17.3 Å². The molecule has 0 saturated carbocycles. The molecule has 0 atom stereocenters. The zero-order valence-corrected chi connectivity index (χ0v) is 6.57. The second kappa shape index (κ2) is 1.97. The number of hydrogen-bond donors (Lipinski definition) is 0. The van der Waals surface area contributed by atoms with E-state index in [0.29, 0.717) is 0 Å². The Kier molecular flexibility index (Phi) is 0.987. The lowest BCUT2D eigenvalue weighted by molar-refractivity contribution is 1.06. The second-order valence-corrected chi connectivity index (χ2v) is 3.03. The monoisotopic (exact) mass is 156 g/mol. The van der Waals surface area contributed by atoms with E-state index in [0.717, 1.165) is 6.54 Å². The first-order valence-corrected chi connectivity index (χ1v) is 4.03. The molecule has 1 aliphatic rings. The molecule has 2 heterocycles. The molecule has 2 nitrogen and oxygen atoms in total. The van der Waals surface area contributed by atoms with Crippen LogP contribution in [0.15, 0.2) is 35.5 Å². The Morgan fingerprint density at radius 2 is 2.17 bits per heavy atom. The maximum atomic E-state index is 4.20. The van der Waals surface area contributed by atoms with Gasteiger partial charge in [-0.3, -0.25) is 4.99 Å². The Labute approximate surface area is 70.2 Å². The van der Waals surface area contributed by atoms with Gasteiger partial charge in [0, 0.05) is 17.0 Å². The summed E-state index contributed by atoms with van der Waals surface area (Å²) in [6.07, 6.45) is 4.01. The summed E-state index contributed by atoms with van der Waals surface area (Å²) >= 11 is 0. The molecule has 1 aromatic heterocycles. The van der Waals surface area contributed by atoms with E-state index in [9.17, 15) is 0 Å². The number of hydrogen-bond acceptors (Lipinski definition) is 1. The fourth-order valence-corrected chi connectivity index (χ4v) is 1.72. The highest BCUT2D eigenvalue weighted by Crippen LogP contribution is 2.22. The predicted molar refractivity (Wildman–Crippen MR) is 49.5 cm³/mol. The SMILES string of the molecule is C1=NCc2c3ccccc3cn21. The lowest BCUT2D eigenvalue weighted by Crippen LogP contribution is -1.88. The van der Waals surface area contributed by atoms with Gasteiger partial charge in [-0.05, 0) is 0 Å². The molecule has 2 heteroatoms. The van der Waals surface area contributed by atoms with E-state index in [1.807, 2.05) is 6.34 Å². The predicted octanol–water partition coefficient (Wildman–Crippen LogP) is 2.03. The summed E-state index contributed by atoms with van der Waals surface area (Å²) in [5.74, 6) is 0. The lowest BCUT2D eigenvalue weighted by Gasteiger charge is -1.90. The van der Waals surface area contributed by atoms with Gasteiger partial charge in [0.1, 0.15) is 0 Å². The van der Waals surface area contributed by atoms with E-state index in [4.69, 9.17) is 0 Å². The summed E-state index contributed by atoms with van der Waals surface area (Å²) in [5.41, 5.74) is 1.31. The molecule has 12 heavy (non-hydrogen) atoms. The molecule has 0 radical (unpaired) electrons. The van der Waals surface area contributed by atoms with E-state index in [1.165, 1.54) is 16.5 Å². The standard InChI is InChI=1S/C10H8N2/c1-2-4-9-8(3-1)6-12-7-11-5-10(9)12/h1-4,6-7H,5H2. The van der Waals surface area contributed by atoms with Crippen LogP contribution in [0.5, 0.6) is 0 Å². The minimum atomic E-state index is 0.827. The van der Waals surface area contributed by atoms with Crippen molar-refractivity contribution in [2.75, 3.05) is 0 Å². The molecule has 1 aromatic carbocycles. The first-order chi connectivity index (χ1) is 5.95. The van der Waals surface area contributed by atoms with Gasteiger partial charge in [0.15, 0.2) is 0 Å². The average Bonchev–Trinajstić information content (AvgIpc) is 2.62. The molecule has 0 bridgehead atoms. The molecule has 0 spiro atoms.